The quantitative estimate of drug-likeness (QED) is 0.774. The van der Waals surface area contributed by atoms with Crippen molar-refractivity contribution in [1.82, 2.24) is 19.6 Å². The van der Waals surface area contributed by atoms with Gasteiger partial charge in [0.25, 0.3) is 0 Å². The second kappa shape index (κ2) is 8.48. The number of hydrogen-bond donors (Lipinski definition) is 0. The van der Waals surface area contributed by atoms with Crippen LogP contribution >= 0.6 is 0 Å². The van der Waals surface area contributed by atoms with Crippen molar-refractivity contribution in [2.45, 2.75) is 38.5 Å². The Morgan fingerprint density at radius 1 is 1.00 bits per heavy atom. The van der Waals surface area contributed by atoms with Gasteiger partial charge < -0.3 is 9.80 Å². The van der Waals surface area contributed by atoms with Gasteiger partial charge in [0, 0.05) is 39.3 Å². The number of aromatic nitrogens is 2. The van der Waals surface area contributed by atoms with Crippen LogP contribution in [-0.4, -0.2) is 58.2 Å². The number of nitrogens with zero attached hydrogens (tertiary/aromatic N) is 4. The Morgan fingerprint density at radius 2 is 1.75 bits per heavy atom. The van der Waals surface area contributed by atoms with E-state index in [1.165, 1.54) is 24.0 Å². The fraction of sp³-hybridized carbons (Fsp3) is 0.565. The van der Waals surface area contributed by atoms with E-state index in [2.05, 4.69) is 45.4 Å². The number of likely N-dealkylation sites (tertiary alicyclic amines) is 2. The van der Waals surface area contributed by atoms with Crippen LogP contribution in [-0.2, 0) is 24.7 Å². The lowest BCUT2D eigenvalue weighted by atomic mass is 9.72. The molecule has 2 saturated heterocycles. The molecule has 2 aliphatic rings. The number of rotatable bonds is 6. The van der Waals surface area contributed by atoms with Gasteiger partial charge in [-0.15, -0.1) is 0 Å². The lowest BCUT2D eigenvalue weighted by Crippen LogP contribution is -2.52. The average molecular weight is 381 g/mol. The number of benzene rings is 1. The Hall–Kier alpha value is -2.14. The van der Waals surface area contributed by atoms with Crippen LogP contribution in [0.25, 0.3) is 0 Å². The van der Waals surface area contributed by atoms with Gasteiger partial charge in [0.15, 0.2) is 0 Å². The lowest BCUT2D eigenvalue weighted by Gasteiger charge is -2.47. The largest absolute Gasteiger partial charge is 0.342 e. The van der Waals surface area contributed by atoms with Crippen LogP contribution in [0.3, 0.4) is 0 Å². The van der Waals surface area contributed by atoms with Crippen molar-refractivity contribution in [2.24, 2.45) is 12.5 Å². The fourth-order valence-electron chi connectivity index (χ4n) is 4.76. The molecule has 0 aliphatic carbocycles. The summed E-state index contributed by atoms with van der Waals surface area (Å²) in [5, 5.41) is 4.26. The minimum absolute atomic E-state index is 0.343. The summed E-state index contributed by atoms with van der Waals surface area (Å²) < 4.78 is 1.88. The van der Waals surface area contributed by atoms with Crippen molar-refractivity contribution in [3.05, 3.63) is 53.9 Å². The van der Waals surface area contributed by atoms with Crippen LogP contribution in [0, 0.1) is 5.41 Å². The van der Waals surface area contributed by atoms with Gasteiger partial charge in [-0.3, -0.25) is 9.48 Å². The van der Waals surface area contributed by atoms with Gasteiger partial charge in [0.05, 0.1) is 6.20 Å². The predicted octanol–water partition coefficient (Wildman–Crippen LogP) is 2.91. The number of amides is 1. The van der Waals surface area contributed by atoms with E-state index in [0.29, 0.717) is 11.3 Å². The second-order valence-electron chi connectivity index (χ2n) is 8.66. The number of carbonyl (C=O) groups is 1. The van der Waals surface area contributed by atoms with Crippen molar-refractivity contribution in [3.63, 3.8) is 0 Å². The number of hydrogen-bond acceptors (Lipinski definition) is 3. The Kier molecular flexibility index (Phi) is 5.81. The molecule has 1 amide bonds. The molecule has 0 radical (unpaired) electrons. The van der Waals surface area contributed by atoms with Crippen LogP contribution in [0.1, 0.15) is 36.8 Å². The highest BCUT2D eigenvalue weighted by atomic mass is 16.2. The first kappa shape index (κ1) is 19.2. The summed E-state index contributed by atoms with van der Waals surface area (Å²) in [6.45, 7) is 5.23. The molecule has 3 heterocycles. The summed E-state index contributed by atoms with van der Waals surface area (Å²) in [6.07, 6.45) is 10.4. The highest BCUT2D eigenvalue weighted by molar-refractivity contribution is 5.77. The van der Waals surface area contributed by atoms with Crippen molar-refractivity contribution in [3.8, 4) is 0 Å². The maximum atomic E-state index is 12.5. The van der Waals surface area contributed by atoms with Gasteiger partial charge in [-0.05, 0) is 61.7 Å². The van der Waals surface area contributed by atoms with Gasteiger partial charge in [0.1, 0.15) is 0 Å². The summed E-state index contributed by atoms with van der Waals surface area (Å²) in [5.74, 6) is 0.348. The van der Waals surface area contributed by atoms with Gasteiger partial charge >= 0.3 is 0 Å². The molecular formula is C23H32N4O. The normalized spacial score (nSPS) is 20.0. The highest BCUT2D eigenvalue weighted by Gasteiger charge is 2.40. The third-order valence-corrected chi connectivity index (χ3v) is 6.65. The van der Waals surface area contributed by atoms with E-state index in [1.54, 1.807) is 0 Å². The molecule has 1 aromatic carbocycles. The first-order valence-corrected chi connectivity index (χ1v) is 10.6. The molecule has 5 heteroatoms. The van der Waals surface area contributed by atoms with E-state index in [1.807, 2.05) is 24.0 Å². The Morgan fingerprint density at radius 3 is 2.46 bits per heavy atom. The van der Waals surface area contributed by atoms with E-state index >= 15 is 0 Å². The van der Waals surface area contributed by atoms with Crippen LogP contribution in [0.2, 0.25) is 0 Å². The van der Waals surface area contributed by atoms with Gasteiger partial charge in [-0.25, -0.2) is 0 Å². The van der Waals surface area contributed by atoms with Crippen LogP contribution in [0.15, 0.2) is 42.7 Å². The summed E-state index contributed by atoms with van der Waals surface area (Å²) in [5.41, 5.74) is 2.98. The summed E-state index contributed by atoms with van der Waals surface area (Å²) >= 11 is 0. The predicted molar refractivity (Wildman–Crippen MR) is 111 cm³/mol. The first-order chi connectivity index (χ1) is 13.6. The number of piperidine rings is 2. The van der Waals surface area contributed by atoms with Gasteiger partial charge in [-0.1, -0.05) is 30.3 Å². The topological polar surface area (TPSA) is 41.4 Å². The molecule has 2 fully saturated rings. The molecule has 1 spiro atoms. The maximum Gasteiger partial charge on any atom is 0.222 e. The molecule has 0 bridgehead atoms. The molecule has 2 aliphatic heterocycles. The summed E-state index contributed by atoms with van der Waals surface area (Å²) in [7, 11) is 1.97. The van der Waals surface area contributed by atoms with Crippen molar-refractivity contribution in [2.75, 3.05) is 32.7 Å². The van der Waals surface area contributed by atoms with E-state index < -0.39 is 0 Å². The summed E-state index contributed by atoms with van der Waals surface area (Å²) in [4.78, 5) is 17.2. The minimum atomic E-state index is 0.343. The third kappa shape index (κ3) is 4.64. The molecule has 5 nitrogen and oxygen atoms in total. The van der Waals surface area contributed by atoms with Crippen LogP contribution in [0.4, 0.5) is 0 Å². The third-order valence-electron chi connectivity index (χ3n) is 6.65. The lowest BCUT2D eigenvalue weighted by molar-refractivity contribution is -0.139. The van der Waals surface area contributed by atoms with E-state index in [0.717, 1.165) is 58.4 Å². The second-order valence-corrected chi connectivity index (χ2v) is 8.66. The first-order valence-electron chi connectivity index (χ1n) is 10.6. The van der Waals surface area contributed by atoms with Crippen molar-refractivity contribution in [1.29, 1.82) is 0 Å². The van der Waals surface area contributed by atoms with E-state index in [9.17, 15) is 4.79 Å². The van der Waals surface area contributed by atoms with Crippen LogP contribution < -0.4 is 0 Å². The van der Waals surface area contributed by atoms with Gasteiger partial charge in [0.2, 0.25) is 5.91 Å². The smallest absolute Gasteiger partial charge is 0.222 e. The number of aryl methyl sites for hydroxylation is 1. The van der Waals surface area contributed by atoms with Crippen molar-refractivity contribution < 1.29 is 4.79 Å². The SMILES string of the molecule is Cn1cc(CCN2CCC3(CCC(=O)N(CCc4ccccc4)C3)CC2)cn1. The number of carbonyl (C=O) groups excluding carboxylic acids is 1. The standard InChI is InChI=1S/C23H32N4O/c1-25-18-21(17-24-25)8-13-26-15-11-23(12-16-26)10-7-22(28)27(19-23)14-9-20-5-3-2-4-6-20/h2-6,17-18H,7-16,19H2,1H3. The molecule has 28 heavy (non-hydrogen) atoms. The molecule has 0 unspecified atom stereocenters. The molecule has 150 valence electrons. The van der Waals surface area contributed by atoms with E-state index in [-0.39, 0.29) is 0 Å². The monoisotopic (exact) mass is 380 g/mol. The highest BCUT2D eigenvalue weighted by Crippen LogP contribution is 2.40. The molecule has 4 rings (SSSR count). The van der Waals surface area contributed by atoms with Gasteiger partial charge in [-0.2, -0.15) is 5.10 Å². The Balaban J connectivity index is 1.27. The molecule has 0 atom stereocenters. The fourth-order valence-corrected chi connectivity index (χ4v) is 4.76. The molecular weight excluding hydrogens is 348 g/mol. The molecule has 0 saturated carbocycles. The zero-order valence-electron chi connectivity index (χ0n) is 17.0. The minimum Gasteiger partial charge on any atom is -0.342 e. The molecule has 1 aromatic heterocycles. The Bertz CT molecular complexity index is 777. The average Bonchev–Trinajstić information content (AvgIpc) is 3.14. The molecule has 0 N–H and O–H groups in total. The van der Waals surface area contributed by atoms with Crippen LogP contribution in [0.5, 0.6) is 0 Å². The zero-order chi connectivity index (χ0) is 19.4. The summed E-state index contributed by atoms with van der Waals surface area (Å²) in [6, 6.07) is 10.5. The van der Waals surface area contributed by atoms with E-state index in [4.69, 9.17) is 0 Å². The maximum absolute atomic E-state index is 12.5. The van der Waals surface area contributed by atoms with Crippen molar-refractivity contribution >= 4 is 5.91 Å². The zero-order valence-corrected chi connectivity index (χ0v) is 17.0. The molecule has 2 aromatic rings. The Labute approximate surface area is 168 Å².